The van der Waals surface area contributed by atoms with Crippen molar-refractivity contribution in [1.82, 2.24) is 4.31 Å². The molecule has 1 aliphatic rings. The molecule has 0 atom stereocenters. The maximum Gasteiger partial charge on any atom is 0.417 e. The van der Waals surface area contributed by atoms with Crippen LogP contribution in [0.4, 0.5) is 4.79 Å². The Morgan fingerprint density at radius 3 is 2.45 bits per heavy atom. The van der Waals surface area contributed by atoms with Crippen LogP contribution >= 0.6 is 11.9 Å². The number of carboxylic acid groups (broad SMARTS) is 2. The molecule has 1 heterocycles. The van der Waals surface area contributed by atoms with Gasteiger partial charge in [-0.2, -0.15) is 0 Å². The van der Waals surface area contributed by atoms with E-state index in [1.807, 2.05) is 0 Å². The van der Waals surface area contributed by atoms with Gasteiger partial charge in [0.05, 0.1) is 12.1 Å². The van der Waals surface area contributed by atoms with Gasteiger partial charge in [-0.15, -0.1) is 0 Å². The summed E-state index contributed by atoms with van der Waals surface area (Å²) in [6, 6.07) is 0. The molecule has 2 N–H and O–H groups in total. The van der Waals surface area contributed by atoms with Crippen LogP contribution in [0.5, 0.6) is 0 Å². The minimum atomic E-state index is -1.12. The van der Waals surface area contributed by atoms with E-state index in [1.165, 1.54) is 5.41 Å². The molecule has 0 saturated carbocycles. The fourth-order valence-corrected chi connectivity index (χ4v) is 1.32. The lowest BCUT2D eigenvalue weighted by molar-refractivity contribution is -0.132. The third kappa shape index (κ3) is 1.64. The standard InChI is InChI=1S/C5H5NO4S/c7-4(8)3-1-6(5(9)10)11-2-3/h2H,1H2,(H,7,8)(H,9,10). The Labute approximate surface area is 66.4 Å². The van der Waals surface area contributed by atoms with Gasteiger partial charge in [0.1, 0.15) is 0 Å². The molecule has 0 aromatic carbocycles. The monoisotopic (exact) mass is 175 g/mol. The predicted octanol–water partition coefficient (Wildman–Crippen LogP) is 0.597. The number of hydrogen-bond acceptors (Lipinski definition) is 3. The Morgan fingerprint density at radius 2 is 2.18 bits per heavy atom. The molecule has 60 valence electrons. The van der Waals surface area contributed by atoms with E-state index in [9.17, 15) is 9.59 Å². The predicted molar refractivity (Wildman–Crippen MR) is 38.0 cm³/mol. The van der Waals surface area contributed by atoms with Crippen LogP contribution < -0.4 is 0 Å². The summed E-state index contributed by atoms with van der Waals surface area (Å²) in [6.45, 7) is -0.0463. The molecule has 0 saturated heterocycles. The van der Waals surface area contributed by atoms with Crippen molar-refractivity contribution < 1.29 is 19.8 Å². The van der Waals surface area contributed by atoms with Crippen LogP contribution in [0.2, 0.25) is 0 Å². The van der Waals surface area contributed by atoms with Crippen molar-refractivity contribution in [2.75, 3.05) is 6.54 Å². The fourth-order valence-electron chi connectivity index (χ4n) is 0.587. The Morgan fingerprint density at radius 1 is 1.55 bits per heavy atom. The third-order valence-electron chi connectivity index (χ3n) is 1.12. The summed E-state index contributed by atoms with van der Waals surface area (Å²) in [5, 5.41) is 18.1. The zero-order chi connectivity index (χ0) is 8.43. The first-order chi connectivity index (χ1) is 5.11. The van der Waals surface area contributed by atoms with Crippen LogP contribution in [0.1, 0.15) is 0 Å². The summed E-state index contributed by atoms with van der Waals surface area (Å²) in [6.07, 6.45) is -1.12. The topological polar surface area (TPSA) is 77.8 Å². The summed E-state index contributed by atoms with van der Waals surface area (Å²) in [5.41, 5.74) is 0.109. The van der Waals surface area contributed by atoms with Gasteiger partial charge in [-0.05, 0) is 11.9 Å². The molecular formula is C5H5NO4S. The first kappa shape index (κ1) is 7.93. The Bertz CT molecular complexity index is 237. The van der Waals surface area contributed by atoms with Crippen molar-refractivity contribution in [3.63, 3.8) is 0 Å². The molecule has 0 fully saturated rings. The average molecular weight is 175 g/mol. The van der Waals surface area contributed by atoms with Crippen LogP contribution in [0.25, 0.3) is 0 Å². The van der Waals surface area contributed by atoms with Gasteiger partial charge in [0.25, 0.3) is 0 Å². The second-order valence-electron chi connectivity index (χ2n) is 1.87. The zero-order valence-corrected chi connectivity index (χ0v) is 6.17. The van der Waals surface area contributed by atoms with Gasteiger partial charge < -0.3 is 10.2 Å². The van der Waals surface area contributed by atoms with Crippen LogP contribution in [0.3, 0.4) is 0 Å². The second kappa shape index (κ2) is 2.83. The van der Waals surface area contributed by atoms with Crippen molar-refractivity contribution in [2.45, 2.75) is 0 Å². The minimum absolute atomic E-state index is 0.0463. The summed E-state index contributed by atoms with van der Waals surface area (Å²) in [4.78, 5) is 20.5. The summed E-state index contributed by atoms with van der Waals surface area (Å²) in [5.74, 6) is -1.07. The second-order valence-corrected chi connectivity index (χ2v) is 2.76. The van der Waals surface area contributed by atoms with Gasteiger partial charge in [-0.25, -0.2) is 13.9 Å². The van der Waals surface area contributed by atoms with Crippen LogP contribution in [0, 0.1) is 0 Å². The molecule has 0 spiro atoms. The molecule has 1 aliphatic heterocycles. The number of rotatable bonds is 1. The van der Waals surface area contributed by atoms with Crippen molar-refractivity contribution in [3.8, 4) is 0 Å². The highest BCUT2D eigenvalue weighted by Gasteiger charge is 2.23. The van der Waals surface area contributed by atoms with E-state index in [1.54, 1.807) is 0 Å². The molecule has 0 aromatic heterocycles. The lowest BCUT2D eigenvalue weighted by Gasteiger charge is -2.07. The lowest BCUT2D eigenvalue weighted by atomic mass is 10.3. The summed E-state index contributed by atoms with van der Waals surface area (Å²) < 4.78 is 0.948. The van der Waals surface area contributed by atoms with Gasteiger partial charge in [-0.1, -0.05) is 0 Å². The number of nitrogens with zero attached hydrogens (tertiary/aromatic N) is 1. The first-order valence-corrected chi connectivity index (χ1v) is 3.54. The van der Waals surface area contributed by atoms with Gasteiger partial charge >= 0.3 is 12.1 Å². The molecule has 1 amide bonds. The molecular weight excluding hydrogens is 170 g/mol. The summed E-state index contributed by atoms with van der Waals surface area (Å²) in [7, 11) is 0. The normalized spacial score (nSPS) is 16.4. The smallest absolute Gasteiger partial charge is 0.417 e. The van der Waals surface area contributed by atoms with Crippen molar-refractivity contribution in [3.05, 3.63) is 11.0 Å². The van der Waals surface area contributed by atoms with Gasteiger partial charge in [0.2, 0.25) is 0 Å². The van der Waals surface area contributed by atoms with E-state index in [0.29, 0.717) is 0 Å². The van der Waals surface area contributed by atoms with E-state index in [4.69, 9.17) is 10.2 Å². The minimum Gasteiger partial charge on any atom is -0.478 e. The molecule has 0 unspecified atom stereocenters. The van der Waals surface area contributed by atoms with E-state index < -0.39 is 12.1 Å². The highest BCUT2D eigenvalue weighted by atomic mass is 32.2. The molecule has 0 aromatic rings. The summed E-state index contributed by atoms with van der Waals surface area (Å²) >= 11 is 0.878. The number of carboxylic acids is 1. The number of amides is 1. The van der Waals surface area contributed by atoms with E-state index in [0.717, 1.165) is 16.3 Å². The fraction of sp³-hybridized carbons (Fsp3) is 0.200. The van der Waals surface area contributed by atoms with E-state index in [-0.39, 0.29) is 12.1 Å². The van der Waals surface area contributed by atoms with Crippen LogP contribution in [0.15, 0.2) is 11.0 Å². The molecule has 0 bridgehead atoms. The lowest BCUT2D eigenvalue weighted by Crippen LogP contribution is -2.22. The maximum atomic E-state index is 10.3. The van der Waals surface area contributed by atoms with E-state index >= 15 is 0 Å². The van der Waals surface area contributed by atoms with Gasteiger partial charge in [0, 0.05) is 5.41 Å². The third-order valence-corrected chi connectivity index (χ3v) is 2.05. The van der Waals surface area contributed by atoms with Crippen molar-refractivity contribution in [2.24, 2.45) is 0 Å². The first-order valence-electron chi connectivity index (χ1n) is 2.71. The number of carbonyl (C=O) groups is 2. The average Bonchev–Trinajstić information content (AvgIpc) is 2.33. The quantitative estimate of drug-likeness (QED) is 0.570. The molecule has 11 heavy (non-hydrogen) atoms. The molecule has 0 aliphatic carbocycles. The SMILES string of the molecule is O=C(O)C1=CSN(C(=O)O)C1. The molecule has 6 heteroatoms. The molecule has 1 rings (SSSR count). The number of hydrogen-bond donors (Lipinski definition) is 2. The van der Waals surface area contributed by atoms with E-state index in [2.05, 4.69) is 0 Å². The number of aliphatic carboxylic acids is 1. The van der Waals surface area contributed by atoms with Gasteiger partial charge in [0.15, 0.2) is 0 Å². The van der Waals surface area contributed by atoms with Crippen molar-refractivity contribution >= 4 is 24.0 Å². The Kier molecular flexibility index (Phi) is 2.04. The Balaban J connectivity index is 2.56. The van der Waals surface area contributed by atoms with Crippen molar-refractivity contribution in [1.29, 1.82) is 0 Å². The van der Waals surface area contributed by atoms with Crippen LogP contribution in [-0.2, 0) is 4.79 Å². The zero-order valence-electron chi connectivity index (χ0n) is 5.35. The Hall–Kier alpha value is -1.17. The highest BCUT2D eigenvalue weighted by molar-refractivity contribution is 8.00. The largest absolute Gasteiger partial charge is 0.478 e. The van der Waals surface area contributed by atoms with Crippen LogP contribution in [-0.4, -0.2) is 33.1 Å². The van der Waals surface area contributed by atoms with Gasteiger partial charge in [-0.3, -0.25) is 0 Å². The molecule has 0 radical (unpaired) electrons. The highest BCUT2D eigenvalue weighted by Crippen LogP contribution is 2.23. The maximum absolute atomic E-state index is 10.3. The molecule has 5 nitrogen and oxygen atoms in total.